The summed E-state index contributed by atoms with van der Waals surface area (Å²) in [5, 5.41) is 0. The van der Waals surface area contributed by atoms with E-state index in [1.165, 1.54) is 0 Å². The quantitative estimate of drug-likeness (QED) is 0.493. The van der Waals surface area contributed by atoms with Gasteiger partial charge in [-0.25, -0.2) is 8.57 Å². The molecule has 1 aromatic carbocycles. The Hall–Kier alpha value is -0.913. The highest BCUT2D eigenvalue weighted by Gasteiger charge is 2.22. The minimum atomic E-state index is -2.50. The van der Waals surface area contributed by atoms with Gasteiger partial charge in [0.05, 0.1) is 28.1 Å². The van der Waals surface area contributed by atoms with Gasteiger partial charge < -0.3 is 4.43 Å². The zero-order valence-electron chi connectivity index (χ0n) is 15.3. The molecule has 2 unspecified atom stereocenters. The molecule has 2 atom stereocenters. The van der Waals surface area contributed by atoms with Gasteiger partial charge in [-0.05, 0) is 44.6 Å². The number of hydrogen-bond donors (Lipinski definition) is 0. The van der Waals surface area contributed by atoms with Crippen LogP contribution < -0.4 is 0 Å². The Bertz CT molecular complexity index is 623. The van der Waals surface area contributed by atoms with Crippen LogP contribution in [0.2, 0.25) is 19.6 Å². The van der Waals surface area contributed by atoms with E-state index in [-0.39, 0.29) is 12.0 Å². The maximum absolute atomic E-state index is 13.5. The Morgan fingerprint density at radius 1 is 1.26 bits per heavy atom. The van der Waals surface area contributed by atoms with Gasteiger partial charge in [0.1, 0.15) is 0 Å². The van der Waals surface area contributed by atoms with Gasteiger partial charge in [0.15, 0.2) is 8.32 Å². The fraction of sp³-hybridized carbons (Fsp3) is 0.556. The lowest BCUT2D eigenvalue weighted by Gasteiger charge is -2.24. The highest BCUT2D eigenvalue weighted by Crippen LogP contribution is 2.20. The molecule has 0 fully saturated rings. The number of benzene rings is 1. The van der Waals surface area contributed by atoms with Crippen molar-refractivity contribution < 1.29 is 8.63 Å². The minimum Gasteiger partial charge on any atom is -0.415 e. The summed E-state index contributed by atoms with van der Waals surface area (Å²) >= 11 is 0. The first kappa shape index (κ1) is 20.1. The predicted molar refractivity (Wildman–Crippen MR) is 103 cm³/mol. The van der Waals surface area contributed by atoms with E-state index in [4.69, 9.17) is 8.79 Å². The van der Waals surface area contributed by atoms with E-state index < -0.39 is 18.0 Å². The first-order valence-corrected chi connectivity index (χ1v) is 13.2. The van der Waals surface area contributed by atoms with Crippen LogP contribution in [0, 0.1) is 12.8 Å². The van der Waals surface area contributed by atoms with Crippen molar-refractivity contribution in [2.75, 3.05) is 12.4 Å². The lowest BCUT2D eigenvalue weighted by atomic mass is 10.1. The van der Waals surface area contributed by atoms with E-state index in [1.807, 2.05) is 31.2 Å². The Kier molecular flexibility index (Phi) is 7.23. The summed E-state index contributed by atoms with van der Waals surface area (Å²) in [7, 11) is -4.12. The SMILES string of the molecule is C=CCS(=O)(=NC(CO[Si](C)(C)C)C(C)C)c1ccc(C)cc1. The summed E-state index contributed by atoms with van der Waals surface area (Å²) in [5.41, 5.74) is 1.15. The maximum Gasteiger partial charge on any atom is 0.183 e. The summed E-state index contributed by atoms with van der Waals surface area (Å²) in [6, 6.07) is 7.73. The Morgan fingerprint density at radius 3 is 2.26 bits per heavy atom. The van der Waals surface area contributed by atoms with Crippen LogP contribution in [0.3, 0.4) is 0 Å². The number of hydrogen-bond acceptors (Lipinski definition) is 3. The second kappa shape index (κ2) is 8.26. The van der Waals surface area contributed by atoms with Gasteiger partial charge in [0, 0.05) is 4.90 Å². The Labute approximate surface area is 143 Å². The molecule has 0 saturated carbocycles. The van der Waals surface area contributed by atoms with Gasteiger partial charge in [-0.2, -0.15) is 0 Å². The van der Waals surface area contributed by atoms with Crippen LogP contribution in [-0.4, -0.2) is 30.9 Å². The molecule has 0 bridgehead atoms. The standard InChI is InChI=1S/C18H31NO2SSi/c1-8-13-22(20,17-11-9-16(4)10-12-17)19-18(15(2)3)14-21-23(5,6)7/h8-12,15,18H,1,13-14H2,2-7H3. The van der Waals surface area contributed by atoms with Crippen molar-refractivity contribution in [3.63, 3.8) is 0 Å². The van der Waals surface area contributed by atoms with Crippen LogP contribution in [0.25, 0.3) is 0 Å². The molecule has 130 valence electrons. The van der Waals surface area contributed by atoms with E-state index >= 15 is 0 Å². The molecule has 0 aliphatic rings. The van der Waals surface area contributed by atoms with Gasteiger partial charge >= 0.3 is 0 Å². The zero-order valence-corrected chi connectivity index (χ0v) is 17.2. The average Bonchev–Trinajstić information content (AvgIpc) is 2.43. The third kappa shape index (κ3) is 6.61. The Morgan fingerprint density at radius 2 is 1.83 bits per heavy atom. The number of nitrogens with zero attached hydrogens (tertiary/aromatic N) is 1. The van der Waals surface area contributed by atoms with E-state index in [0.717, 1.165) is 10.5 Å². The Balaban J connectivity index is 3.22. The van der Waals surface area contributed by atoms with Gasteiger partial charge in [0.25, 0.3) is 0 Å². The van der Waals surface area contributed by atoms with Gasteiger partial charge in [-0.3, -0.25) is 0 Å². The highest BCUT2D eigenvalue weighted by molar-refractivity contribution is 7.93. The topological polar surface area (TPSA) is 38.7 Å². The third-order valence-electron chi connectivity index (χ3n) is 3.50. The van der Waals surface area contributed by atoms with Gasteiger partial charge in [-0.1, -0.05) is 37.6 Å². The summed E-state index contributed by atoms with van der Waals surface area (Å²) in [6.45, 7) is 17.0. The van der Waals surface area contributed by atoms with Crippen LogP contribution in [0.15, 0.2) is 46.2 Å². The van der Waals surface area contributed by atoms with Crippen LogP contribution in [-0.2, 0) is 14.2 Å². The molecule has 0 aromatic heterocycles. The lowest BCUT2D eigenvalue weighted by molar-refractivity contribution is 0.256. The van der Waals surface area contributed by atoms with E-state index in [1.54, 1.807) is 6.08 Å². The summed E-state index contributed by atoms with van der Waals surface area (Å²) in [6.07, 6.45) is 1.70. The van der Waals surface area contributed by atoms with Crippen LogP contribution >= 0.6 is 0 Å². The van der Waals surface area contributed by atoms with Crippen molar-refractivity contribution in [3.05, 3.63) is 42.5 Å². The molecular formula is C18H31NO2SSi. The van der Waals surface area contributed by atoms with Crippen LogP contribution in [0.4, 0.5) is 0 Å². The summed E-state index contributed by atoms with van der Waals surface area (Å²) < 4.78 is 24.2. The van der Waals surface area contributed by atoms with Crippen molar-refractivity contribution in [2.45, 2.75) is 51.3 Å². The molecule has 0 spiro atoms. The third-order valence-corrected chi connectivity index (χ3v) is 6.84. The second-order valence-corrected chi connectivity index (χ2v) is 14.1. The molecule has 0 aliphatic heterocycles. The normalized spacial score (nSPS) is 16.0. The minimum absolute atomic E-state index is 0.0736. The molecule has 1 rings (SSSR count). The largest absolute Gasteiger partial charge is 0.415 e. The fourth-order valence-electron chi connectivity index (χ4n) is 2.01. The van der Waals surface area contributed by atoms with Crippen molar-refractivity contribution >= 4 is 18.0 Å². The second-order valence-electron chi connectivity index (χ2n) is 7.25. The van der Waals surface area contributed by atoms with E-state index in [0.29, 0.717) is 12.4 Å². The number of rotatable bonds is 8. The molecule has 0 radical (unpaired) electrons. The molecule has 1 aromatic rings. The van der Waals surface area contributed by atoms with Crippen molar-refractivity contribution in [2.24, 2.45) is 10.3 Å². The summed E-state index contributed by atoms with van der Waals surface area (Å²) in [4.78, 5) is 0.779. The fourth-order valence-corrected chi connectivity index (χ4v) is 4.70. The summed E-state index contributed by atoms with van der Waals surface area (Å²) in [5.74, 6) is 0.647. The molecule has 0 amide bonds. The molecule has 23 heavy (non-hydrogen) atoms. The van der Waals surface area contributed by atoms with Crippen LogP contribution in [0.1, 0.15) is 19.4 Å². The van der Waals surface area contributed by atoms with Gasteiger partial charge in [-0.15, -0.1) is 6.58 Å². The van der Waals surface area contributed by atoms with Crippen LogP contribution in [0.5, 0.6) is 0 Å². The van der Waals surface area contributed by atoms with Crippen molar-refractivity contribution in [3.8, 4) is 0 Å². The molecule has 3 nitrogen and oxygen atoms in total. The van der Waals surface area contributed by atoms with Crippen molar-refractivity contribution in [1.29, 1.82) is 0 Å². The highest BCUT2D eigenvalue weighted by atomic mass is 32.2. The monoisotopic (exact) mass is 353 g/mol. The molecular weight excluding hydrogens is 322 g/mol. The first-order chi connectivity index (χ1) is 10.6. The molecule has 0 saturated heterocycles. The molecule has 0 N–H and O–H groups in total. The molecule has 0 heterocycles. The number of aryl methyl sites for hydroxylation is 1. The lowest BCUT2D eigenvalue weighted by Crippen LogP contribution is -2.32. The maximum atomic E-state index is 13.5. The van der Waals surface area contributed by atoms with Crippen molar-refractivity contribution in [1.82, 2.24) is 0 Å². The smallest absolute Gasteiger partial charge is 0.183 e. The average molecular weight is 354 g/mol. The molecule has 5 heteroatoms. The zero-order chi connectivity index (χ0) is 17.7. The first-order valence-electron chi connectivity index (χ1n) is 8.13. The molecule has 0 aliphatic carbocycles. The van der Waals surface area contributed by atoms with E-state index in [9.17, 15) is 4.21 Å². The predicted octanol–water partition coefficient (Wildman–Crippen LogP) is 4.88. The van der Waals surface area contributed by atoms with E-state index in [2.05, 4.69) is 40.1 Å². The van der Waals surface area contributed by atoms with Gasteiger partial charge in [0.2, 0.25) is 0 Å².